The van der Waals surface area contributed by atoms with E-state index in [1.165, 1.54) is 16.0 Å². The van der Waals surface area contributed by atoms with Crippen LogP contribution in [0.2, 0.25) is 0 Å². The molecule has 1 aromatic heterocycles. The van der Waals surface area contributed by atoms with Crippen molar-refractivity contribution in [2.45, 2.75) is 54.4 Å². The van der Waals surface area contributed by atoms with Crippen molar-refractivity contribution in [2.24, 2.45) is 0 Å². The lowest BCUT2D eigenvalue weighted by Gasteiger charge is -2.17. The van der Waals surface area contributed by atoms with Gasteiger partial charge in [-0.2, -0.15) is 0 Å². The second-order valence-electron chi connectivity index (χ2n) is 9.89. The Morgan fingerprint density at radius 3 is 2.28 bits per heavy atom. The van der Waals surface area contributed by atoms with E-state index in [0.29, 0.717) is 10.8 Å². The average Bonchev–Trinajstić information content (AvgIpc) is 3.21. The first-order valence-corrected chi connectivity index (χ1v) is 13.1. The van der Waals surface area contributed by atoms with Gasteiger partial charge in [0.15, 0.2) is 0 Å². The average molecular weight is 503 g/mol. The highest BCUT2D eigenvalue weighted by Crippen LogP contribution is 2.34. The number of amides is 2. The number of aryl methyl sites for hydroxylation is 4. The van der Waals surface area contributed by atoms with Gasteiger partial charge in [-0.15, -0.1) is 0 Å². The van der Waals surface area contributed by atoms with Crippen molar-refractivity contribution in [3.63, 3.8) is 0 Å². The highest BCUT2D eigenvalue weighted by atomic mass is 32.2. The Balaban J connectivity index is 1.51. The molecule has 0 radical (unpaired) electrons. The summed E-state index contributed by atoms with van der Waals surface area (Å²) in [7, 11) is 0. The molecule has 0 aliphatic carbocycles. The summed E-state index contributed by atoms with van der Waals surface area (Å²) in [5.74, 6) is 0.868. The molecule has 0 bridgehead atoms. The lowest BCUT2D eigenvalue weighted by molar-refractivity contribution is -0.123. The summed E-state index contributed by atoms with van der Waals surface area (Å²) < 4.78 is 8.21. The lowest BCUT2D eigenvalue weighted by Crippen LogP contribution is -2.32. The van der Waals surface area contributed by atoms with Crippen LogP contribution in [-0.2, 0) is 4.79 Å². The molecule has 0 spiro atoms. The quantitative estimate of drug-likeness (QED) is 0.319. The Kier molecular flexibility index (Phi) is 7.46. The zero-order valence-electron chi connectivity index (χ0n) is 22.1. The summed E-state index contributed by atoms with van der Waals surface area (Å²) in [5.41, 5.74) is 8.79. The van der Waals surface area contributed by atoms with E-state index in [-0.39, 0.29) is 24.3 Å². The van der Waals surface area contributed by atoms with Gasteiger partial charge < -0.3 is 9.30 Å². The maximum absolute atomic E-state index is 13.1. The predicted molar refractivity (Wildman–Crippen MR) is 148 cm³/mol. The number of nitrogens with zero attached hydrogens (tertiary/aromatic N) is 2. The molecule has 0 N–H and O–H groups in total. The van der Waals surface area contributed by atoms with Gasteiger partial charge in [0.1, 0.15) is 12.4 Å². The van der Waals surface area contributed by atoms with Crippen LogP contribution >= 0.6 is 11.8 Å². The second kappa shape index (κ2) is 10.4. The summed E-state index contributed by atoms with van der Waals surface area (Å²) in [4.78, 5) is 27.5. The van der Waals surface area contributed by atoms with E-state index in [1.54, 1.807) is 0 Å². The molecular formula is C30H34N2O3S. The van der Waals surface area contributed by atoms with Crippen LogP contribution < -0.4 is 4.74 Å². The standard InChI is InChI=1S/C30H34N2O3S/c1-18(2)26-9-8-19(3)15-27(26)35-11-10-31-29(33)28(36-30(31)34)17-24-16-22(6)32(23(24)7)25-13-20(4)12-21(5)14-25/h8-9,12-18H,10-11H2,1-7H3/b28-17-. The molecule has 6 heteroatoms. The van der Waals surface area contributed by atoms with Crippen LogP contribution in [0, 0.1) is 34.6 Å². The molecule has 1 aliphatic rings. The van der Waals surface area contributed by atoms with Crippen LogP contribution in [0.4, 0.5) is 4.79 Å². The number of imide groups is 1. The number of carbonyl (C=O) groups is 2. The van der Waals surface area contributed by atoms with E-state index in [9.17, 15) is 9.59 Å². The number of benzene rings is 2. The number of hydrogen-bond acceptors (Lipinski definition) is 4. The van der Waals surface area contributed by atoms with Gasteiger partial charge in [0, 0.05) is 17.1 Å². The first kappa shape index (κ1) is 25.8. The number of thioether (sulfide) groups is 1. The minimum atomic E-state index is -0.266. The molecule has 0 saturated carbocycles. The topological polar surface area (TPSA) is 51.5 Å². The summed E-state index contributed by atoms with van der Waals surface area (Å²) >= 11 is 0.992. The largest absolute Gasteiger partial charge is 0.491 e. The maximum Gasteiger partial charge on any atom is 0.293 e. The van der Waals surface area contributed by atoms with Crippen molar-refractivity contribution in [3.8, 4) is 11.4 Å². The minimum absolute atomic E-state index is 0.217. The summed E-state index contributed by atoms with van der Waals surface area (Å²) in [6, 6.07) is 14.7. The molecule has 4 rings (SSSR count). The highest BCUT2D eigenvalue weighted by molar-refractivity contribution is 8.18. The molecule has 1 saturated heterocycles. The van der Waals surface area contributed by atoms with Crippen LogP contribution in [0.5, 0.6) is 5.75 Å². The van der Waals surface area contributed by atoms with Crippen LogP contribution in [0.15, 0.2) is 47.4 Å². The van der Waals surface area contributed by atoms with Crippen molar-refractivity contribution < 1.29 is 14.3 Å². The smallest absolute Gasteiger partial charge is 0.293 e. The van der Waals surface area contributed by atoms with Crippen molar-refractivity contribution in [1.82, 2.24) is 9.47 Å². The zero-order chi connectivity index (χ0) is 26.1. The van der Waals surface area contributed by atoms with Gasteiger partial charge in [-0.3, -0.25) is 14.5 Å². The van der Waals surface area contributed by atoms with Gasteiger partial charge in [0.2, 0.25) is 0 Å². The third-order valence-corrected chi connectivity index (χ3v) is 7.37. The fraction of sp³-hybridized carbons (Fsp3) is 0.333. The van der Waals surface area contributed by atoms with Gasteiger partial charge in [-0.1, -0.05) is 32.0 Å². The van der Waals surface area contributed by atoms with E-state index in [0.717, 1.165) is 51.3 Å². The molecular weight excluding hydrogens is 468 g/mol. The molecule has 188 valence electrons. The Morgan fingerprint density at radius 1 is 0.917 bits per heavy atom. The number of carbonyl (C=O) groups excluding carboxylic acids is 2. The molecule has 2 amide bonds. The highest BCUT2D eigenvalue weighted by Gasteiger charge is 2.35. The Labute approximate surface area is 218 Å². The van der Waals surface area contributed by atoms with Crippen LogP contribution in [-0.4, -0.2) is 33.8 Å². The minimum Gasteiger partial charge on any atom is -0.491 e. The molecule has 2 aromatic carbocycles. The van der Waals surface area contributed by atoms with Gasteiger partial charge in [-0.05, 0) is 110 Å². The van der Waals surface area contributed by atoms with E-state index < -0.39 is 0 Å². The van der Waals surface area contributed by atoms with E-state index >= 15 is 0 Å². The Hall–Kier alpha value is -3.25. The van der Waals surface area contributed by atoms with Gasteiger partial charge in [-0.25, -0.2) is 0 Å². The Morgan fingerprint density at radius 2 is 1.61 bits per heavy atom. The summed E-state index contributed by atoms with van der Waals surface area (Å²) in [6.07, 6.45) is 1.84. The molecule has 5 nitrogen and oxygen atoms in total. The molecule has 3 aromatic rings. The number of hydrogen-bond donors (Lipinski definition) is 0. The fourth-order valence-electron chi connectivity index (χ4n) is 4.74. The SMILES string of the molecule is Cc1cc(C)cc(-n2c(C)cc(/C=C3\SC(=O)N(CCOc4cc(C)ccc4C(C)C)C3=O)c2C)c1. The van der Waals surface area contributed by atoms with Crippen molar-refractivity contribution in [2.75, 3.05) is 13.2 Å². The first-order chi connectivity index (χ1) is 17.0. The lowest BCUT2D eigenvalue weighted by atomic mass is 10.0. The van der Waals surface area contributed by atoms with E-state index in [4.69, 9.17) is 4.74 Å². The van der Waals surface area contributed by atoms with Crippen LogP contribution in [0.25, 0.3) is 11.8 Å². The molecule has 36 heavy (non-hydrogen) atoms. The molecule has 1 aliphatic heterocycles. The van der Waals surface area contributed by atoms with Gasteiger partial charge in [0.25, 0.3) is 11.1 Å². The molecule has 0 atom stereocenters. The number of ether oxygens (including phenoxy) is 1. The number of aromatic nitrogens is 1. The zero-order valence-corrected chi connectivity index (χ0v) is 23.0. The Bertz CT molecular complexity index is 1350. The monoisotopic (exact) mass is 502 g/mol. The van der Waals surface area contributed by atoms with E-state index in [1.807, 2.05) is 26.0 Å². The van der Waals surface area contributed by atoms with Crippen molar-refractivity contribution >= 4 is 29.0 Å². The molecule has 1 fully saturated rings. The van der Waals surface area contributed by atoms with Crippen molar-refractivity contribution in [3.05, 3.63) is 86.6 Å². The fourth-order valence-corrected chi connectivity index (χ4v) is 5.59. The predicted octanol–water partition coefficient (Wildman–Crippen LogP) is 7.26. The second-order valence-corrected chi connectivity index (χ2v) is 10.9. The van der Waals surface area contributed by atoms with E-state index in [2.05, 4.69) is 75.6 Å². The maximum atomic E-state index is 13.1. The third kappa shape index (κ3) is 5.29. The number of rotatable bonds is 7. The molecule has 0 unspecified atom stereocenters. The normalized spacial score (nSPS) is 15.0. The van der Waals surface area contributed by atoms with Crippen molar-refractivity contribution in [1.29, 1.82) is 0 Å². The summed E-state index contributed by atoms with van der Waals surface area (Å²) in [5, 5.41) is -0.258. The first-order valence-electron chi connectivity index (χ1n) is 12.3. The van der Waals surface area contributed by atoms with Crippen LogP contribution in [0.3, 0.4) is 0 Å². The van der Waals surface area contributed by atoms with Crippen LogP contribution in [0.1, 0.15) is 59.0 Å². The third-order valence-electron chi connectivity index (χ3n) is 6.46. The van der Waals surface area contributed by atoms with Gasteiger partial charge in [0.05, 0.1) is 11.4 Å². The summed E-state index contributed by atoms with van der Waals surface area (Å²) in [6.45, 7) is 15.0. The van der Waals surface area contributed by atoms with Gasteiger partial charge >= 0.3 is 0 Å². The molecule has 2 heterocycles.